The fourth-order valence-corrected chi connectivity index (χ4v) is 2.20. The van der Waals surface area contributed by atoms with Crippen molar-refractivity contribution < 1.29 is 19.0 Å². The van der Waals surface area contributed by atoms with Gasteiger partial charge >= 0.3 is 5.97 Å². The van der Waals surface area contributed by atoms with Crippen LogP contribution in [0.25, 0.3) is 0 Å². The van der Waals surface area contributed by atoms with Gasteiger partial charge in [-0.25, -0.2) is 4.39 Å². The zero-order valence-corrected chi connectivity index (χ0v) is 9.86. The fraction of sp³-hybridized carbons (Fsp3) is 0.385. The van der Waals surface area contributed by atoms with Crippen molar-refractivity contribution >= 4 is 5.97 Å². The van der Waals surface area contributed by atoms with E-state index in [0.29, 0.717) is 18.4 Å². The van der Waals surface area contributed by atoms with E-state index in [2.05, 4.69) is 0 Å². The van der Waals surface area contributed by atoms with Crippen molar-refractivity contribution in [2.45, 2.75) is 24.7 Å². The van der Waals surface area contributed by atoms with Gasteiger partial charge in [0.05, 0.1) is 19.1 Å². The van der Waals surface area contributed by atoms with Crippen LogP contribution in [0.2, 0.25) is 0 Å². The molecule has 1 aliphatic carbocycles. The van der Waals surface area contributed by atoms with Crippen LogP contribution in [-0.2, 0) is 10.2 Å². The Kier molecular flexibility index (Phi) is 2.95. The molecule has 94 valence electrons. The number of nitriles is 1. The van der Waals surface area contributed by atoms with Crippen LogP contribution >= 0.6 is 0 Å². The normalized spacial score (nSPS) is 15.8. The molecule has 1 aliphatic rings. The minimum Gasteiger partial charge on any atom is -0.492 e. The number of rotatable bonds is 4. The third-order valence-corrected chi connectivity index (χ3v) is 3.32. The van der Waals surface area contributed by atoms with Gasteiger partial charge in [0.1, 0.15) is 6.07 Å². The van der Waals surface area contributed by atoms with Gasteiger partial charge in [0.25, 0.3) is 0 Å². The molecule has 1 fully saturated rings. The van der Waals surface area contributed by atoms with Crippen molar-refractivity contribution in [3.8, 4) is 11.8 Å². The summed E-state index contributed by atoms with van der Waals surface area (Å²) in [6, 6.07) is 4.67. The summed E-state index contributed by atoms with van der Waals surface area (Å²) in [5.74, 6) is -1.63. The van der Waals surface area contributed by atoms with Crippen LogP contribution in [0.1, 0.15) is 30.4 Å². The lowest BCUT2D eigenvalue weighted by Crippen LogP contribution is -2.13. The van der Waals surface area contributed by atoms with Gasteiger partial charge in [-0.15, -0.1) is 0 Å². The molecular formula is C13H12FNO3. The predicted molar refractivity (Wildman–Crippen MR) is 60.8 cm³/mol. The number of carbonyl (C=O) groups is 1. The highest BCUT2D eigenvalue weighted by molar-refractivity contribution is 5.70. The Morgan fingerprint density at radius 3 is 2.72 bits per heavy atom. The molecule has 0 unspecified atom stereocenters. The molecule has 0 spiro atoms. The van der Waals surface area contributed by atoms with Crippen LogP contribution in [0.15, 0.2) is 12.1 Å². The Balaban J connectivity index is 2.45. The van der Waals surface area contributed by atoms with E-state index < -0.39 is 17.2 Å². The first-order valence-electron chi connectivity index (χ1n) is 5.52. The van der Waals surface area contributed by atoms with E-state index in [-0.39, 0.29) is 17.7 Å². The van der Waals surface area contributed by atoms with Crippen LogP contribution in [0.5, 0.6) is 5.75 Å². The molecule has 4 nitrogen and oxygen atoms in total. The third kappa shape index (κ3) is 2.02. The largest absolute Gasteiger partial charge is 0.492 e. The van der Waals surface area contributed by atoms with Crippen molar-refractivity contribution in [2.24, 2.45) is 0 Å². The van der Waals surface area contributed by atoms with Crippen LogP contribution in [-0.4, -0.2) is 18.2 Å². The Morgan fingerprint density at radius 2 is 2.28 bits per heavy atom. The van der Waals surface area contributed by atoms with Gasteiger partial charge in [0, 0.05) is 5.41 Å². The van der Waals surface area contributed by atoms with Crippen molar-refractivity contribution in [3.63, 3.8) is 0 Å². The average molecular weight is 249 g/mol. The maximum Gasteiger partial charge on any atom is 0.304 e. The van der Waals surface area contributed by atoms with Crippen LogP contribution in [0.3, 0.4) is 0 Å². The summed E-state index contributed by atoms with van der Waals surface area (Å²) in [6.45, 7) is 0. The number of aliphatic carboxylic acids is 1. The summed E-state index contributed by atoms with van der Waals surface area (Å²) >= 11 is 0. The molecule has 1 saturated carbocycles. The van der Waals surface area contributed by atoms with E-state index >= 15 is 0 Å². The van der Waals surface area contributed by atoms with Gasteiger partial charge in [0.15, 0.2) is 11.6 Å². The van der Waals surface area contributed by atoms with E-state index in [1.807, 2.05) is 6.07 Å². The summed E-state index contributed by atoms with van der Waals surface area (Å²) in [6.07, 6.45) is 1.37. The summed E-state index contributed by atoms with van der Waals surface area (Å²) in [7, 11) is 1.29. The first-order valence-corrected chi connectivity index (χ1v) is 5.52. The molecule has 0 amide bonds. The van der Waals surface area contributed by atoms with Crippen molar-refractivity contribution in [3.05, 3.63) is 29.1 Å². The van der Waals surface area contributed by atoms with E-state index in [1.165, 1.54) is 19.2 Å². The molecular weight excluding hydrogens is 237 g/mol. The number of halogens is 1. The first kappa shape index (κ1) is 12.4. The molecule has 1 aromatic rings. The van der Waals surface area contributed by atoms with E-state index in [4.69, 9.17) is 15.1 Å². The fourth-order valence-electron chi connectivity index (χ4n) is 2.20. The second-order valence-corrected chi connectivity index (χ2v) is 4.50. The van der Waals surface area contributed by atoms with Gasteiger partial charge in [-0.3, -0.25) is 4.79 Å². The number of ether oxygens (including phenoxy) is 1. The summed E-state index contributed by atoms with van der Waals surface area (Å²) in [5, 5.41) is 17.8. The van der Waals surface area contributed by atoms with Crippen LogP contribution in [0.4, 0.5) is 4.39 Å². The standard InChI is InChI=1S/C13H12FNO3/c1-18-12-8(7-15)4-9(5-10(12)14)13(2-3-13)6-11(16)17/h4-5H,2-3,6H2,1H3,(H,16,17). The molecule has 0 heterocycles. The van der Waals surface area contributed by atoms with Gasteiger partial charge in [-0.05, 0) is 30.5 Å². The Hall–Kier alpha value is -2.09. The minimum absolute atomic E-state index is 0.0381. The molecule has 1 aromatic carbocycles. The lowest BCUT2D eigenvalue weighted by Gasteiger charge is -2.15. The molecule has 0 saturated heterocycles. The number of methoxy groups -OCH3 is 1. The SMILES string of the molecule is COc1c(F)cc(C2(CC(=O)O)CC2)cc1C#N. The number of carboxylic acid groups (broad SMARTS) is 1. The number of carboxylic acids is 1. The smallest absolute Gasteiger partial charge is 0.304 e. The Bertz CT molecular complexity index is 544. The zero-order chi connectivity index (χ0) is 13.3. The molecule has 0 radical (unpaired) electrons. The maximum absolute atomic E-state index is 13.8. The van der Waals surface area contributed by atoms with Gasteiger partial charge < -0.3 is 9.84 Å². The third-order valence-electron chi connectivity index (χ3n) is 3.32. The van der Waals surface area contributed by atoms with Crippen LogP contribution in [0, 0.1) is 17.1 Å². The second-order valence-electron chi connectivity index (χ2n) is 4.50. The lowest BCUT2D eigenvalue weighted by molar-refractivity contribution is -0.137. The Labute approximate surface area is 104 Å². The number of hydrogen-bond donors (Lipinski definition) is 1. The summed E-state index contributed by atoms with van der Waals surface area (Å²) in [5.41, 5.74) is 0.161. The number of hydrogen-bond acceptors (Lipinski definition) is 3. The quantitative estimate of drug-likeness (QED) is 0.888. The number of benzene rings is 1. The summed E-state index contributed by atoms with van der Waals surface area (Å²) in [4.78, 5) is 10.8. The molecule has 1 N–H and O–H groups in total. The summed E-state index contributed by atoms with van der Waals surface area (Å²) < 4.78 is 18.6. The first-order chi connectivity index (χ1) is 8.52. The molecule has 18 heavy (non-hydrogen) atoms. The van der Waals surface area contributed by atoms with Crippen molar-refractivity contribution in [2.75, 3.05) is 7.11 Å². The Morgan fingerprint density at radius 1 is 1.61 bits per heavy atom. The van der Waals surface area contributed by atoms with Gasteiger partial charge in [-0.2, -0.15) is 5.26 Å². The lowest BCUT2D eigenvalue weighted by atomic mass is 9.91. The van der Waals surface area contributed by atoms with E-state index in [1.54, 1.807) is 0 Å². The van der Waals surface area contributed by atoms with Crippen LogP contribution < -0.4 is 4.74 Å². The van der Waals surface area contributed by atoms with Gasteiger partial charge in [0.2, 0.25) is 0 Å². The highest BCUT2D eigenvalue weighted by atomic mass is 19.1. The second kappa shape index (κ2) is 4.30. The minimum atomic E-state index is -0.915. The topological polar surface area (TPSA) is 70.3 Å². The van der Waals surface area contributed by atoms with E-state index in [0.717, 1.165) is 0 Å². The van der Waals surface area contributed by atoms with Crippen molar-refractivity contribution in [1.29, 1.82) is 5.26 Å². The molecule has 0 aromatic heterocycles. The molecule has 0 atom stereocenters. The molecule has 2 rings (SSSR count). The molecule has 0 aliphatic heterocycles. The maximum atomic E-state index is 13.8. The highest BCUT2D eigenvalue weighted by Gasteiger charge is 2.46. The zero-order valence-electron chi connectivity index (χ0n) is 9.86. The highest BCUT2D eigenvalue weighted by Crippen LogP contribution is 2.51. The molecule has 0 bridgehead atoms. The number of nitrogens with zero attached hydrogens (tertiary/aromatic N) is 1. The average Bonchev–Trinajstić information content (AvgIpc) is 3.07. The van der Waals surface area contributed by atoms with Gasteiger partial charge in [-0.1, -0.05) is 0 Å². The van der Waals surface area contributed by atoms with Crippen molar-refractivity contribution in [1.82, 2.24) is 0 Å². The van der Waals surface area contributed by atoms with E-state index in [9.17, 15) is 9.18 Å². The monoisotopic (exact) mass is 249 g/mol. The molecule has 5 heteroatoms. The predicted octanol–water partition coefficient (Wildman–Crippen LogP) is 2.21.